The molecule has 1 N–H and O–H groups in total. The Bertz CT molecular complexity index is 584. The van der Waals surface area contributed by atoms with Gasteiger partial charge in [0.05, 0.1) is 7.11 Å². The third-order valence-electron chi connectivity index (χ3n) is 3.64. The van der Waals surface area contributed by atoms with E-state index in [-0.39, 0.29) is 11.9 Å². The second-order valence-electron chi connectivity index (χ2n) is 4.94. The molecule has 1 atom stereocenters. The number of hydrogen-bond acceptors (Lipinski definition) is 3. The highest BCUT2D eigenvalue weighted by Gasteiger charge is 2.16. The molecule has 0 aliphatic heterocycles. The summed E-state index contributed by atoms with van der Waals surface area (Å²) >= 11 is 0. The lowest BCUT2D eigenvalue weighted by Crippen LogP contribution is -2.20. The highest BCUT2D eigenvalue weighted by Crippen LogP contribution is 2.24. The Morgan fingerprint density at radius 3 is 2.62 bits per heavy atom. The average Bonchev–Trinajstić information content (AvgIpc) is 2.53. The van der Waals surface area contributed by atoms with E-state index in [0.717, 1.165) is 12.1 Å². The summed E-state index contributed by atoms with van der Waals surface area (Å²) in [6.07, 6.45) is 3.49. The minimum absolute atomic E-state index is 0.115. The first-order valence-electron chi connectivity index (χ1n) is 7.12. The summed E-state index contributed by atoms with van der Waals surface area (Å²) in [7, 11) is 3.36. The Morgan fingerprint density at radius 2 is 2.10 bits per heavy atom. The zero-order chi connectivity index (χ0) is 15.2. The van der Waals surface area contributed by atoms with Crippen molar-refractivity contribution in [2.45, 2.75) is 25.8 Å². The minimum Gasteiger partial charge on any atom is -0.497 e. The SMILES string of the molecule is CCc1ccc(CC(NC)c2ccc(OC)cc2F)nc1. The Kier molecular flexibility index (Phi) is 5.28. The highest BCUT2D eigenvalue weighted by atomic mass is 19.1. The van der Waals surface area contributed by atoms with E-state index >= 15 is 0 Å². The summed E-state index contributed by atoms with van der Waals surface area (Å²) in [5.41, 5.74) is 2.77. The zero-order valence-electron chi connectivity index (χ0n) is 12.7. The number of pyridine rings is 1. The molecule has 0 fully saturated rings. The fourth-order valence-corrected chi connectivity index (χ4v) is 2.28. The highest BCUT2D eigenvalue weighted by molar-refractivity contribution is 5.31. The van der Waals surface area contributed by atoms with Gasteiger partial charge in [0.15, 0.2) is 0 Å². The van der Waals surface area contributed by atoms with Crippen LogP contribution in [0.25, 0.3) is 0 Å². The minimum atomic E-state index is -0.265. The summed E-state index contributed by atoms with van der Waals surface area (Å²) in [6.45, 7) is 2.10. The van der Waals surface area contributed by atoms with Crippen LogP contribution >= 0.6 is 0 Å². The van der Waals surface area contributed by atoms with Crippen LogP contribution in [0.1, 0.15) is 29.8 Å². The molecule has 21 heavy (non-hydrogen) atoms. The second kappa shape index (κ2) is 7.18. The van der Waals surface area contributed by atoms with Crippen molar-refractivity contribution in [1.29, 1.82) is 0 Å². The van der Waals surface area contributed by atoms with Gasteiger partial charge in [-0.3, -0.25) is 4.98 Å². The predicted molar refractivity (Wildman–Crippen MR) is 82.1 cm³/mol. The Hall–Kier alpha value is -1.94. The number of aryl methyl sites for hydroxylation is 1. The van der Waals surface area contributed by atoms with E-state index in [9.17, 15) is 4.39 Å². The third-order valence-corrected chi connectivity index (χ3v) is 3.64. The van der Waals surface area contributed by atoms with E-state index in [4.69, 9.17) is 4.74 Å². The maximum atomic E-state index is 14.2. The van der Waals surface area contributed by atoms with Gasteiger partial charge in [-0.25, -0.2) is 4.39 Å². The third kappa shape index (κ3) is 3.79. The first-order chi connectivity index (χ1) is 10.2. The van der Waals surface area contributed by atoms with Gasteiger partial charge in [-0.05, 0) is 31.2 Å². The molecular formula is C17H21FN2O. The first kappa shape index (κ1) is 15.4. The monoisotopic (exact) mass is 288 g/mol. The fourth-order valence-electron chi connectivity index (χ4n) is 2.28. The van der Waals surface area contributed by atoms with Crippen molar-refractivity contribution in [2.24, 2.45) is 0 Å². The van der Waals surface area contributed by atoms with Gasteiger partial charge in [0.25, 0.3) is 0 Å². The number of aromatic nitrogens is 1. The maximum Gasteiger partial charge on any atom is 0.131 e. The van der Waals surface area contributed by atoms with Gasteiger partial charge < -0.3 is 10.1 Å². The van der Waals surface area contributed by atoms with Crippen LogP contribution in [0.4, 0.5) is 4.39 Å². The van der Waals surface area contributed by atoms with Crippen LogP contribution in [0.2, 0.25) is 0 Å². The molecule has 0 aliphatic carbocycles. The Balaban J connectivity index is 2.18. The molecule has 0 radical (unpaired) electrons. The summed E-state index contributed by atoms with van der Waals surface area (Å²) in [4.78, 5) is 4.44. The average molecular weight is 288 g/mol. The van der Waals surface area contributed by atoms with Crippen LogP contribution in [-0.4, -0.2) is 19.1 Å². The Labute approximate surface area is 125 Å². The molecule has 1 aromatic heterocycles. The number of methoxy groups -OCH3 is 1. The zero-order valence-corrected chi connectivity index (χ0v) is 12.7. The van der Waals surface area contributed by atoms with Crippen LogP contribution in [0.5, 0.6) is 5.75 Å². The molecule has 0 bridgehead atoms. The molecule has 112 valence electrons. The maximum absolute atomic E-state index is 14.2. The number of rotatable bonds is 6. The van der Waals surface area contributed by atoms with E-state index in [1.165, 1.54) is 18.7 Å². The van der Waals surface area contributed by atoms with Crippen molar-refractivity contribution < 1.29 is 9.13 Å². The topological polar surface area (TPSA) is 34.1 Å². The predicted octanol–water partition coefficient (Wildman–Crippen LogP) is 3.29. The van der Waals surface area contributed by atoms with Crippen LogP contribution in [-0.2, 0) is 12.8 Å². The molecule has 1 heterocycles. The van der Waals surface area contributed by atoms with Gasteiger partial charge in [-0.1, -0.05) is 19.1 Å². The van der Waals surface area contributed by atoms with Crippen LogP contribution in [0.3, 0.4) is 0 Å². The summed E-state index contributed by atoms with van der Waals surface area (Å²) < 4.78 is 19.2. The summed E-state index contributed by atoms with van der Waals surface area (Å²) in [5.74, 6) is 0.260. The number of nitrogens with zero attached hydrogens (tertiary/aromatic N) is 1. The summed E-state index contributed by atoms with van der Waals surface area (Å²) in [6, 6.07) is 8.90. The van der Waals surface area contributed by atoms with Gasteiger partial charge in [0.1, 0.15) is 11.6 Å². The molecule has 1 aromatic carbocycles. The van der Waals surface area contributed by atoms with Crippen LogP contribution in [0.15, 0.2) is 36.5 Å². The quantitative estimate of drug-likeness (QED) is 0.885. The normalized spacial score (nSPS) is 12.2. The molecule has 2 rings (SSSR count). The molecule has 0 amide bonds. The molecule has 1 unspecified atom stereocenters. The van der Waals surface area contributed by atoms with E-state index < -0.39 is 0 Å². The van der Waals surface area contributed by atoms with Crippen molar-refractivity contribution in [3.8, 4) is 5.75 Å². The van der Waals surface area contributed by atoms with Crippen LogP contribution < -0.4 is 10.1 Å². The number of hydrogen-bond donors (Lipinski definition) is 1. The van der Waals surface area contributed by atoms with E-state index in [1.807, 2.05) is 19.3 Å². The number of benzene rings is 1. The lowest BCUT2D eigenvalue weighted by Gasteiger charge is -2.17. The van der Waals surface area contributed by atoms with Crippen LogP contribution in [0, 0.1) is 5.82 Å². The largest absolute Gasteiger partial charge is 0.497 e. The van der Waals surface area contributed by atoms with Crippen molar-refractivity contribution in [3.05, 3.63) is 59.2 Å². The van der Waals surface area contributed by atoms with Crippen molar-refractivity contribution >= 4 is 0 Å². The second-order valence-corrected chi connectivity index (χ2v) is 4.94. The van der Waals surface area contributed by atoms with E-state index in [1.54, 1.807) is 12.1 Å². The number of nitrogens with one attached hydrogen (secondary N) is 1. The van der Waals surface area contributed by atoms with Gasteiger partial charge in [0, 0.05) is 36.0 Å². The van der Waals surface area contributed by atoms with Gasteiger partial charge in [0.2, 0.25) is 0 Å². The van der Waals surface area contributed by atoms with Gasteiger partial charge in [-0.15, -0.1) is 0 Å². The summed E-state index contributed by atoms with van der Waals surface area (Å²) in [5, 5.41) is 3.15. The molecule has 0 saturated heterocycles. The van der Waals surface area contributed by atoms with Crippen molar-refractivity contribution in [3.63, 3.8) is 0 Å². The van der Waals surface area contributed by atoms with Crippen molar-refractivity contribution in [2.75, 3.05) is 14.2 Å². The first-order valence-corrected chi connectivity index (χ1v) is 7.12. The molecule has 0 aliphatic rings. The molecule has 3 nitrogen and oxygen atoms in total. The smallest absolute Gasteiger partial charge is 0.131 e. The standard InChI is InChI=1S/C17H21FN2O/c1-4-12-5-6-13(20-11-12)9-17(19-2)15-8-7-14(21-3)10-16(15)18/h5-8,10-11,17,19H,4,9H2,1-3H3. The molecule has 2 aromatic rings. The Morgan fingerprint density at radius 1 is 1.29 bits per heavy atom. The van der Waals surface area contributed by atoms with Gasteiger partial charge in [-0.2, -0.15) is 0 Å². The van der Waals surface area contributed by atoms with Crippen molar-refractivity contribution in [1.82, 2.24) is 10.3 Å². The van der Waals surface area contributed by atoms with Gasteiger partial charge >= 0.3 is 0 Å². The fraction of sp³-hybridized carbons (Fsp3) is 0.353. The molecular weight excluding hydrogens is 267 g/mol. The number of halogens is 1. The molecule has 4 heteroatoms. The molecule has 0 saturated carbocycles. The molecule has 0 spiro atoms. The lowest BCUT2D eigenvalue weighted by atomic mass is 10.0. The number of likely N-dealkylation sites (N-methyl/N-ethyl adjacent to an activating group) is 1. The number of ether oxygens (including phenoxy) is 1. The van der Waals surface area contributed by atoms with E-state index in [0.29, 0.717) is 17.7 Å². The van der Waals surface area contributed by atoms with E-state index in [2.05, 4.69) is 23.3 Å². The lowest BCUT2D eigenvalue weighted by molar-refractivity contribution is 0.409.